The number of hydroxylamine groups is 2. The number of allylic oxidation sites excluding steroid dienone is 2. The molecule has 1 atom stereocenters. The summed E-state index contributed by atoms with van der Waals surface area (Å²) >= 11 is 0. The molecule has 112 valence electrons. The van der Waals surface area contributed by atoms with Crippen molar-refractivity contribution in [3.63, 3.8) is 0 Å². The highest BCUT2D eigenvalue weighted by Gasteiger charge is 2.52. The lowest BCUT2D eigenvalue weighted by atomic mass is 9.76. The van der Waals surface area contributed by atoms with Gasteiger partial charge in [0.15, 0.2) is 5.78 Å². The first-order valence-electron chi connectivity index (χ1n) is 7.14. The van der Waals surface area contributed by atoms with Crippen LogP contribution in [-0.4, -0.2) is 30.4 Å². The summed E-state index contributed by atoms with van der Waals surface area (Å²) in [6.07, 6.45) is 4.64. The molecule has 4 heteroatoms. The number of Topliss-reactive ketones (excluding diaryl/α,β-unsaturated/α-hetero) is 1. The van der Waals surface area contributed by atoms with Gasteiger partial charge < -0.3 is 0 Å². The van der Waals surface area contributed by atoms with Gasteiger partial charge in [0, 0.05) is 5.56 Å². The Bertz CT molecular complexity index is 562. The number of hydrogen-bond donors (Lipinski definition) is 0. The normalized spacial score (nSPS) is 22.2. The molecule has 1 aliphatic rings. The summed E-state index contributed by atoms with van der Waals surface area (Å²) in [4.78, 5) is 30.6. The number of aryl methyl sites for hydroxylation is 1. The van der Waals surface area contributed by atoms with E-state index in [1.807, 2.05) is 38.1 Å². The number of rotatable bonds is 5. The molecule has 0 bridgehead atoms. The van der Waals surface area contributed by atoms with Gasteiger partial charge in [-0.3, -0.25) is 14.4 Å². The summed E-state index contributed by atoms with van der Waals surface area (Å²) in [6.45, 7) is 4.30. The van der Waals surface area contributed by atoms with Gasteiger partial charge in [0.25, 0.3) is 5.91 Å². The second kappa shape index (κ2) is 6.22. The van der Waals surface area contributed by atoms with Crippen LogP contribution in [0.3, 0.4) is 0 Å². The average Bonchev–Trinajstić information content (AvgIpc) is 2.82. The molecule has 21 heavy (non-hydrogen) atoms. The second-order valence-electron chi connectivity index (χ2n) is 5.39. The van der Waals surface area contributed by atoms with Crippen LogP contribution in [0, 0.1) is 12.3 Å². The second-order valence-corrected chi connectivity index (χ2v) is 5.39. The molecule has 4 nitrogen and oxygen atoms in total. The summed E-state index contributed by atoms with van der Waals surface area (Å²) in [5, 5.41) is 1.29. The van der Waals surface area contributed by atoms with Gasteiger partial charge in [-0.15, -0.1) is 0 Å². The molecule has 0 aliphatic carbocycles. The van der Waals surface area contributed by atoms with Crippen molar-refractivity contribution >= 4 is 11.7 Å². The lowest BCUT2D eigenvalue weighted by Gasteiger charge is -2.24. The van der Waals surface area contributed by atoms with Crippen molar-refractivity contribution in [1.29, 1.82) is 0 Å². The van der Waals surface area contributed by atoms with Crippen molar-refractivity contribution in [3.05, 3.63) is 47.5 Å². The van der Waals surface area contributed by atoms with E-state index in [2.05, 4.69) is 0 Å². The van der Waals surface area contributed by atoms with E-state index in [1.165, 1.54) is 12.2 Å². The molecule has 0 radical (unpaired) electrons. The van der Waals surface area contributed by atoms with Crippen LogP contribution in [0.5, 0.6) is 0 Å². The van der Waals surface area contributed by atoms with E-state index in [0.29, 0.717) is 24.9 Å². The number of nitrogens with zero attached hydrogens (tertiary/aromatic N) is 1. The Morgan fingerprint density at radius 1 is 1.38 bits per heavy atom. The molecule has 0 saturated carbocycles. The number of amides is 1. The van der Waals surface area contributed by atoms with E-state index in [1.54, 1.807) is 12.1 Å². The molecule has 0 N–H and O–H groups in total. The number of carbonyl (C=O) groups is 2. The Morgan fingerprint density at radius 3 is 2.57 bits per heavy atom. The molecule has 1 aliphatic heterocycles. The van der Waals surface area contributed by atoms with E-state index < -0.39 is 5.41 Å². The number of benzene rings is 1. The van der Waals surface area contributed by atoms with Crippen LogP contribution in [0.25, 0.3) is 0 Å². The van der Waals surface area contributed by atoms with Crippen LogP contribution < -0.4 is 0 Å². The SMILES string of the molecule is C/C=C/C[C@@]1(C(=O)c2ccc(C)cc2)CCN(OC)C1=O. The quantitative estimate of drug-likeness (QED) is 0.475. The van der Waals surface area contributed by atoms with Crippen LogP contribution in [0.2, 0.25) is 0 Å². The fourth-order valence-corrected chi connectivity index (χ4v) is 2.71. The number of hydrogen-bond acceptors (Lipinski definition) is 3. The summed E-state index contributed by atoms with van der Waals surface area (Å²) in [6, 6.07) is 7.36. The van der Waals surface area contributed by atoms with Gasteiger partial charge >= 0.3 is 0 Å². The third-order valence-electron chi connectivity index (χ3n) is 4.05. The third kappa shape index (κ3) is 2.76. The maximum atomic E-state index is 12.9. The van der Waals surface area contributed by atoms with Crippen LogP contribution in [0.15, 0.2) is 36.4 Å². The van der Waals surface area contributed by atoms with Gasteiger partial charge in [-0.25, -0.2) is 5.06 Å². The van der Waals surface area contributed by atoms with E-state index >= 15 is 0 Å². The Balaban J connectivity index is 2.38. The van der Waals surface area contributed by atoms with Gasteiger partial charge in [-0.05, 0) is 26.7 Å². The Kier molecular flexibility index (Phi) is 4.58. The smallest absolute Gasteiger partial charge is 0.260 e. The fraction of sp³-hybridized carbons (Fsp3) is 0.412. The minimum atomic E-state index is -1.03. The first-order valence-corrected chi connectivity index (χ1v) is 7.14. The van der Waals surface area contributed by atoms with Gasteiger partial charge in [-0.1, -0.05) is 42.0 Å². The largest absolute Gasteiger partial charge is 0.293 e. The molecule has 1 saturated heterocycles. The molecule has 2 rings (SSSR count). The Morgan fingerprint density at radius 2 is 2.05 bits per heavy atom. The fourth-order valence-electron chi connectivity index (χ4n) is 2.71. The highest BCUT2D eigenvalue weighted by atomic mass is 16.7. The maximum Gasteiger partial charge on any atom is 0.260 e. The van der Waals surface area contributed by atoms with E-state index in [-0.39, 0.29) is 11.7 Å². The topological polar surface area (TPSA) is 46.6 Å². The molecule has 0 spiro atoms. The van der Waals surface area contributed by atoms with Crippen molar-refractivity contribution in [1.82, 2.24) is 5.06 Å². The van der Waals surface area contributed by atoms with E-state index in [9.17, 15) is 9.59 Å². The van der Waals surface area contributed by atoms with Crippen molar-refractivity contribution < 1.29 is 14.4 Å². The summed E-state index contributed by atoms with van der Waals surface area (Å²) in [5.41, 5.74) is 0.638. The predicted octanol–water partition coefficient (Wildman–Crippen LogP) is 2.92. The van der Waals surface area contributed by atoms with Crippen molar-refractivity contribution in [3.8, 4) is 0 Å². The van der Waals surface area contributed by atoms with E-state index in [0.717, 1.165) is 5.56 Å². The van der Waals surface area contributed by atoms with Crippen LogP contribution in [-0.2, 0) is 9.63 Å². The molecule has 1 fully saturated rings. The van der Waals surface area contributed by atoms with Crippen LogP contribution in [0.1, 0.15) is 35.7 Å². The average molecular weight is 287 g/mol. The monoisotopic (exact) mass is 287 g/mol. The Labute approximate surface area is 125 Å². The molecule has 1 aromatic carbocycles. The maximum absolute atomic E-state index is 12.9. The van der Waals surface area contributed by atoms with Crippen molar-refractivity contribution in [2.75, 3.05) is 13.7 Å². The summed E-state index contributed by atoms with van der Waals surface area (Å²) in [7, 11) is 1.46. The molecule has 1 aromatic rings. The lowest BCUT2D eigenvalue weighted by Crippen LogP contribution is -2.40. The standard InChI is InChI=1S/C17H21NO3/c1-4-5-10-17(11-12-18(21-3)16(17)20)15(19)14-8-6-13(2)7-9-14/h4-9H,10-12H2,1-3H3/b5-4+/t17-/m0/s1. The first-order chi connectivity index (χ1) is 10.0. The predicted molar refractivity (Wildman–Crippen MR) is 80.7 cm³/mol. The van der Waals surface area contributed by atoms with Gasteiger partial charge in [0.05, 0.1) is 13.7 Å². The van der Waals surface area contributed by atoms with Gasteiger partial charge in [0.1, 0.15) is 5.41 Å². The first kappa shape index (κ1) is 15.4. The van der Waals surface area contributed by atoms with Gasteiger partial charge in [-0.2, -0.15) is 0 Å². The lowest BCUT2D eigenvalue weighted by molar-refractivity contribution is -0.171. The van der Waals surface area contributed by atoms with Crippen molar-refractivity contribution in [2.45, 2.75) is 26.7 Å². The molecule has 1 heterocycles. The highest BCUT2D eigenvalue weighted by Crippen LogP contribution is 2.39. The molecule has 1 amide bonds. The molecular formula is C17H21NO3. The number of carbonyl (C=O) groups excluding carboxylic acids is 2. The van der Waals surface area contributed by atoms with E-state index in [4.69, 9.17) is 4.84 Å². The molecule has 0 unspecified atom stereocenters. The number of ketones is 1. The summed E-state index contributed by atoms with van der Waals surface area (Å²) in [5.74, 6) is -0.362. The highest BCUT2D eigenvalue weighted by molar-refractivity contribution is 6.14. The van der Waals surface area contributed by atoms with Gasteiger partial charge in [0.2, 0.25) is 0 Å². The van der Waals surface area contributed by atoms with Crippen LogP contribution in [0.4, 0.5) is 0 Å². The summed E-state index contributed by atoms with van der Waals surface area (Å²) < 4.78 is 0. The zero-order valence-electron chi connectivity index (χ0n) is 12.8. The zero-order valence-corrected chi connectivity index (χ0v) is 12.8. The molecular weight excluding hydrogens is 266 g/mol. The zero-order chi connectivity index (χ0) is 15.5. The Hall–Kier alpha value is -1.94. The third-order valence-corrected chi connectivity index (χ3v) is 4.05. The molecule has 0 aromatic heterocycles. The minimum absolute atomic E-state index is 0.120. The van der Waals surface area contributed by atoms with Crippen molar-refractivity contribution in [2.24, 2.45) is 5.41 Å². The van der Waals surface area contributed by atoms with Crippen LogP contribution >= 0.6 is 0 Å². The minimum Gasteiger partial charge on any atom is -0.293 e.